The first kappa shape index (κ1) is 21.3. The zero-order valence-electron chi connectivity index (χ0n) is 20.0. The van der Waals surface area contributed by atoms with Crippen LogP contribution in [-0.4, -0.2) is 22.5 Å². The Bertz CT molecular complexity index is 1320. The fraction of sp³-hybridized carbons (Fsp3) is 0.367. The molecular weight excluding hydrogens is 418 g/mol. The van der Waals surface area contributed by atoms with E-state index in [0.717, 1.165) is 24.4 Å². The molecule has 1 saturated carbocycles. The maximum absolute atomic E-state index is 13.1. The largest absolute Gasteiger partial charge is 0.326 e. The number of hydrogen-bond acceptors (Lipinski definition) is 4. The first-order valence-electron chi connectivity index (χ1n) is 12.7. The van der Waals surface area contributed by atoms with E-state index >= 15 is 0 Å². The van der Waals surface area contributed by atoms with Crippen molar-refractivity contribution in [1.82, 2.24) is 4.98 Å². The Labute approximate surface area is 201 Å². The van der Waals surface area contributed by atoms with Crippen LogP contribution < -0.4 is 4.90 Å². The minimum Gasteiger partial charge on any atom is -0.326 e. The third-order valence-electron chi connectivity index (χ3n) is 7.89. The summed E-state index contributed by atoms with van der Waals surface area (Å²) < 4.78 is 0. The molecule has 4 nitrogen and oxygen atoms in total. The van der Waals surface area contributed by atoms with Crippen molar-refractivity contribution in [2.75, 3.05) is 4.90 Å². The molecule has 1 unspecified atom stereocenters. The van der Waals surface area contributed by atoms with Crippen molar-refractivity contribution in [3.63, 3.8) is 0 Å². The third kappa shape index (κ3) is 3.15. The number of ketones is 1. The number of allylic oxidation sites excluding steroid dienone is 8. The van der Waals surface area contributed by atoms with E-state index in [1.807, 2.05) is 36.6 Å². The summed E-state index contributed by atoms with van der Waals surface area (Å²) in [6, 6.07) is 8.94. The van der Waals surface area contributed by atoms with Gasteiger partial charge in [0.1, 0.15) is 11.5 Å². The number of aliphatic imine (C=N–C) groups is 1. The van der Waals surface area contributed by atoms with Crippen LogP contribution >= 0.6 is 0 Å². The molecule has 1 spiro atoms. The second-order valence-electron chi connectivity index (χ2n) is 10.2. The Hall–Kier alpha value is -3.27. The van der Waals surface area contributed by atoms with Crippen LogP contribution in [0.2, 0.25) is 0 Å². The summed E-state index contributed by atoms with van der Waals surface area (Å²) in [5.74, 6) is 0.954. The lowest BCUT2D eigenvalue weighted by atomic mass is 9.72. The lowest BCUT2D eigenvalue weighted by Gasteiger charge is -2.34. The summed E-state index contributed by atoms with van der Waals surface area (Å²) in [6.07, 6.45) is 21.2. The molecule has 2 aliphatic carbocycles. The number of pyridine rings is 1. The Kier molecular flexibility index (Phi) is 5.13. The second kappa shape index (κ2) is 8.19. The van der Waals surface area contributed by atoms with E-state index in [9.17, 15) is 4.79 Å². The fourth-order valence-corrected chi connectivity index (χ4v) is 6.37. The molecule has 0 N–H and O–H groups in total. The van der Waals surface area contributed by atoms with Gasteiger partial charge >= 0.3 is 0 Å². The van der Waals surface area contributed by atoms with E-state index in [2.05, 4.69) is 54.1 Å². The predicted molar refractivity (Wildman–Crippen MR) is 139 cm³/mol. The van der Waals surface area contributed by atoms with E-state index in [0.29, 0.717) is 5.70 Å². The number of nitrogens with zero attached hydrogens (tertiary/aromatic N) is 3. The molecule has 4 heteroatoms. The van der Waals surface area contributed by atoms with Gasteiger partial charge in [-0.3, -0.25) is 4.79 Å². The van der Waals surface area contributed by atoms with Crippen LogP contribution in [0.1, 0.15) is 57.9 Å². The summed E-state index contributed by atoms with van der Waals surface area (Å²) in [7, 11) is 0. The highest BCUT2D eigenvalue weighted by molar-refractivity contribution is 6.23. The Balaban J connectivity index is 1.56. The Morgan fingerprint density at radius 3 is 2.62 bits per heavy atom. The van der Waals surface area contributed by atoms with Gasteiger partial charge in [0.2, 0.25) is 0 Å². The molecule has 34 heavy (non-hydrogen) atoms. The van der Waals surface area contributed by atoms with Crippen LogP contribution in [0.4, 0.5) is 5.82 Å². The summed E-state index contributed by atoms with van der Waals surface area (Å²) in [5.41, 5.74) is 4.00. The summed E-state index contributed by atoms with van der Waals surface area (Å²) in [4.78, 5) is 25.2. The van der Waals surface area contributed by atoms with Gasteiger partial charge in [0.15, 0.2) is 5.78 Å². The zero-order chi connectivity index (χ0) is 23.3. The molecule has 0 saturated heterocycles. The first-order chi connectivity index (χ1) is 16.6. The van der Waals surface area contributed by atoms with Crippen molar-refractivity contribution in [3.05, 3.63) is 83.9 Å². The summed E-state index contributed by atoms with van der Waals surface area (Å²) in [6.45, 7) is 4.48. The molecule has 172 valence electrons. The van der Waals surface area contributed by atoms with Gasteiger partial charge in [-0.2, -0.15) is 0 Å². The summed E-state index contributed by atoms with van der Waals surface area (Å²) in [5, 5.41) is 2.52. The van der Waals surface area contributed by atoms with Crippen LogP contribution in [0.15, 0.2) is 83.3 Å². The topological polar surface area (TPSA) is 45.6 Å². The molecular formula is C30H31N3O. The molecule has 2 aromatic rings. The van der Waals surface area contributed by atoms with Gasteiger partial charge in [-0.25, -0.2) is 9.98 Å². The van der Waals surface area contributed by atoms with Gasteiger partial charge in [-0.05, 0) is 50.3 Å². The van der Waals surface area contributed by atoms with Crippen LogP contribution in [0.3, 0.4) is 0 Å². The van der Waals surface area contributed by atoms with Crippen molar-refractivity contribution in [1.29, 1.82) is 0 Å². The minimum absolute atomic E-state index is 0.0810. The van der Waals surface area contributed by atoms with Crippen molar-refractivity contribution >= 4 is 28.1 Å². The molecule has 1 aromatic heterocycles. The lowest BCUT2D eigenvalue weighted by Crippen LogP contribution is -2.34. The number of carbonyl (C=O) groups excluding carboxylic acids is 1. The number of anilines is 1. The summed E-state index contributed by atoms with van der Waals surface area (Å²) >= 11 is 0. The van der Waals surface area contributed by atoms with E-state index < -0.39 is 0 Å². The maximum atomic E-state index is 13.1. The predicted octanol–water partition coefficient (Wildman–Crippen LogP) is 6.59. The number of carbonyl (C=O) groups is 1. The standard InChI is InChI=1S/C30H31N3O/c1-20(2)33-26(16-15-25-28(34)23-13-7-8-14-24(23)32-25)30(17-9-3-4-10-18-30)27-22-12-6-5-11-21(22)19-31-29(27)33/h5-8,11-16,19-20,23H,3-4,9-10,17-18H2,1-2H3/b25-15-,26-16+. The van der Waals surface area contributed by atoms with Crippen LogP contribution in [0.5, 0.6) is 0 Å². The van der Waals surface area contributed by atoms with E-state index in [1.165, 1.54) is 47.7 Å². The Morgan fingerprint density at radius 1 is 1.06 bits per heavy atom. The third-order valence-corrected chi connectivity index (χ3v) is 7.89. The average Bonchev–Trinajstić information content (AvgIpc) is 3.17. The molecule has 0 radical (unpaired) electrons. The number of fused-ring (bicyclic) bond motifs is 5. The highest BCUT2D eigenvalue weighted by Gasteiger charge is 2.49. The smallest absolute Gasteiger partial charge is 0.193 e. The maximum Gasteiger partial charge on any atom is 0.193 e. The number of hydrogen-bond donors (Lipinski definition) is 0. The van der Waals surface area contributed by atoms with Crippen LogP contribution in [-0.2, 0) is 10.2 Å². The minimum atomic E-state index is -0.228. The van der Waals surface area contributed by atoms with Crippen molar-refractivity contribution in [3.8, 4) is 0 Å². The number of aromatic nitrogens is 1. The monoisotopic (exact) mass is 449 g/mol. The molecule has 1 aromatic carbocycles. The number of benzene rings is 1. The molecule has 4 aliphatic rings. The van der Waals surface area contributed by atoms with E-state index in [-0.39, 0.29) is 23.2 Å². The SMILES string of the molecule is CC(C)N1/C(=C/C=C2\N=C3C=CC=CC3C2=O)C2(CCCCCC2)c2c1ncc1ccccc21. The second-order valence-corrected chi connectivity index (χ2v) is 10.2. The van der Waals surface area contributed by atoms with Crippen molar-refractivity contribution in [2.45, 2.75) is 63.8 Å². The van der Waals surface area contributed by atoms with Crippen molar-refractivity contribution in [2.24, 2.45) is 10.9 Å². The van der Waals surface area contributed by atoms with Gasteiger partial charge in [0.25, 0.3) is 0 Å². The van der Waals surface area contributed by atoms with Crippen molar-refractivity contribution < 1.29 is 4.79 Å². The molecule has 0 amide bonds. The van der Waals surface area contributed by atoms with E-state index in [4.69, 9.17) is 4.98 Å². The highest BCUT2D eigenvalue weighted by atomic mass is 16.1. The van der Waals surface area contributed by atoms with E-state index in [1.54, 1.807) is 0 Å². The van der Waals surface area contributed by atoms with Gasteiger partial charge in [0.05, 0.1) is 11.6 Å². The van der Waals surface area contributed by atoms with Gasteiger partial charge < -0.3 is 4.90 Å². The molecule has 1 atom stereocenters. The Morgan fingerprint density at radius 2 is 1.85 bits per heavy atom. The normalized spacial score (nSPS) is 25.5. The highest BCUT2D eigenvalue weighted by Crippen LogP contribution is 2.56. The molecule has 1 fully saturated rings. The fourth-order valence-electron chi connectivity index (χ4n) is 6.37. The average molecular weight is 450 g/mol. The number of rotatable bonds is 2. The molecule has 0 bridgehead atoms. The lowest BCUT2D eigenvalue weighted by molar-refractivity contribution is -0.115. The van der Waals surface area contributed by atoms with Gasteiger partial charge in [0, 0.05) is 34.3 Å². The van der Waals surface area contributed by atoms with Gasteiger partial charge in [-0.1, -0.05) is 68.2 Å². The molecule has 6 rings (SSSR count). The van der Waals surface area contributed by atoms with Crippen LogP contribution in [0, 0.1) is 5.92 Å². The zero-order valence-corrected chi connectivity index (χ0v) is 20.0. The molecule has 3 heterocycles. The van der Waals surface area contributed by atoms with Crippen LogP contribution in [0.25, 0.3) is 10.8 Å². The number of Topliss-reactive ketones (excluding diaryl/α,β-unsaturated/α-hetero) is 1. The van der Waals surface area contributed by atoms with Gasteiger partial charge in [-0.15, -0.1) is 0 Å². The molecule has 2 aliphatic heterocycles. The first-order valence-corrected chi connectivity index (χ1v) is 12.7. The quantitative estimate of drug-likeness (QED) is 0.486.